The standard InChI is InChI=1S/C17H20N8O8S2/c18-4-8-5-24(23-21-8)6-11-9(14(27)25(11)35(30,31)32)3-12(26)13(10-7-34-16(19)20-10)22-33-17(1-2-17)15(28)29/h5,7,9,11H,1-4,6,18H2,(H2,19,20)(H,28,29)(H,30,31,32)/b22-13-/t9-,11+/m0/s1. The zero-order valence-electron chi connectivity index (χ0n) is 17.8. The molecule has 3 heterocycles. The molecule has 0 spiro atoms. The number of hydrogen-bond donors (Lipinski definition) is 4. The first-order valence-corrected chi connectivity index (χ1v) is 12.4. The first-order valence-electron chi connectivity index (χ1n) is 10.1. The molecule has 2 atom stereocenters. The van der Waals surface area contributed by atoms with Gasteiger partial charge in [-0.15, -0.1) is 16.4 Å². The van der Waals surface area contributed by atoms with Gasteiger partial charge in [0.25, 0.3) is 0 Å². The molecule has 6 N–H and O–H groups in total. The van der Waals surface area contributed by atoms with Crippen LogP contribution in [0.2, 0.25) is 0 Å². The monoisotopic (exact) mass is 528 g/mol. The summed E-state index contributed by atoms with van der Waals surface area (Å²) in [5, 5.41) is 22.1. The lowest BCUT2D eigenvalue weighted by molar-refractivity contribution is -0.153. The third-order valence-electron chi connectivity index (χ3n) is 5.56. The summed E-state index contributed by atoms with van der Waals surface area (Å²) in [6.07, 6.45) is 1.29. The molecule has 1 saturated heterocycles. The second kappa shape index (κ2) is 8.95. The Balaban J connectivity index is 1.58. The summed E-state index contributed by atoms with van der Waals surface area (Å²) >= 11 is 1.00. The van der Waals surface area contributed by atoms with Crippen LogP contribution in [0.25, 0.3) is 0 Å². The predicted molar refractivity (Wildman–Crippen MR) is 117 cm³/mol. The van der Waals surface area contributed by atoms with E-state index < -0.39 is 51.9 Å². The van der Waals surface area contributed by atoms with Gasteiger partial charge >= 0.3 is 16.3 Å². The zero-order chi connectivity index (χ0) is 25.5. The van der Waals surface area contributed by atoms with Crippen LogP contribution in [-0.2, 0) is 42.6 Å². The molecule has 0 radical (unpaired) electrons. The van der Waals surface area contributed by atoms with Crippen LogP contribution >= 0.6 is 11.3 Å². The Kier molecular flexibility index (Phi) is 6.30. The van der Waals surface area contributed by atoms with E-state index in [1.165, 1.54) is 16.3 Å². The molecule has 188 valence electrons. The Morgan fingerprint density at radius 3 is 2.60 bits per heavy atom. The Morgan fingerprint density at radius 2 is 2.09 bits per heavy atom. The zero-order valence-corrected chi connectivity index (χ0v) is 19.5. The summed E-state index contributed by atoms with van der Waals surface area (Å²) in [7, 11) is -4.91. The molecule has 2 fully saturated rings. The number of anilines is 1. The van der Waals surface area contributed by atoms with Gasteiger partial charge in [-0.05, 0) is 0 Å². The van der Waals surface area contributed by atoms with E-state index >= 15 is 0 Å². The van der Waals surface area contributed by atoms with Crippen molar-refractivity contribution >= 4 is 50.1 Å². The van der Waals surface area contributed by atoms with Gasteiger partial charge in [0.2, 0.25) is 11.5 Å². The predicted octanol–water partition coefficient (Wildman–Crippen LogP) is -1.60. The van der Waals surface area contributed by atoms with Crippen LogP contribution in [0.15, 0.2) is 16.7 Å². The second-order valence-electron chi connectivity index (χ2n) is 7.95. The maximum atomic E-state index is 13.1. The smallest absolute Gasteiger partial charge is 0.362 e. The Bertz CT molecular complexity index is 1310. The first kappa shape index (κ1) is 24.6. The normalized spacial score (nSPS) is 21.5. The van der Waals surface area contributed by atoms with Crippen molar-refractivity contribution < 1.29 is 37.3 Å². The summed E-state index contributed by atoms with van der Waals surface area (Å²) in [5.74, 6) is -4.19. The van der Waals surface area contributed by atoms with E-state index in [4.69, 9.17) is 16.3 Å². The number of aromatic nitrogens is 4. The number of rotatable bonds is 11. The number of ketones is 1. The molecular formula is C17H20N8O8S2. The molecule has 35 heavy (non-hydrogen) atoms. The van der Waals surface area contributed by atoms with Crippen LogP contribution in [0.1, 0.15) is 30.7 Å². The number of nitrogens with two attached hydrogens (primary N) is 2. The molecule has 1 aliphatic carbocycles. The number of aliphatic carboxylic acids is 1. The average molecular weight is 529 g/mol. The van der Waals surface area contributed by atoms with Crippen molar-refractivity contribution in [3.8, 4) is 0 Å². The fourth-order valence-electron chi connectivity index (χ4n) is 3.52. The number of carboxylic acids is 1. The van der Waals surface area contributed by atoms with Crippen LogP contribution in [0.4, 0.5) is 5.13 Å². The van der Waals surface area contributed by atoms with Crippen molar-refractivity contribution in [2.24, 2.45) is 16.8 Å². The molecule has 0 aromatic carbocycles. The number of hydrogen-bond acceptors (Lipinski definition) is 13. The molecule has 1 saturated carbocycles. The molecule has 2 aliphatic rings. The SMILES string of the molecule is NCc1cn(C[C@@H]2[C@H](CC(=O)/C(=N\OC3(C(=O)O)CC3)c3csc(N)n3)C(=O)N2S(=O)(=O)O)nn1. The number of oxime groups is 1. The van der Waals surface area contributed by atoms with Gasteiger partial charge in [-0.25, -0.2) is 14.1 Å². The molecule has 16 nitrogen and oxygen atoms in total. The Morgan fingerprint density at radius 1 is 1.37 bits per heavy atom. The van der Waals surface area contributed by atoms with Gasteiger partial charge in [-0.3, -0.25) is 18.8 Å². The fourth-order valence-corrected chi connectivity index (χ4v) is 4.99. The van der Waals surface area contributed by atoms with Crippen molar-refractivity contribution in [3.05, 3.63) is 23.0 Å². The van der Waals surface area contributed by atoms with Crippen molar-refractivity contribution in [2.75, 3.05) is 5.73 Å². The van der Waals surface area contributed by atoms with E-state index in [-0.39, 0.29) is 46.8 Å². The lowest BCUT2D eigenvalue weighted by atomic mass is 9.84. The highest BCUT2D eigenvalue weighted by molar-refractivity contribution is 7.84. The molecule has 18 heteroatoms. The molecule has 1 aliphatic heterocycles. The molecule has 0 unspecified atom stereocenters. The molecular weight excluding hydrogens is 508 g/mol. The molecule has 0 bridgehead atoms. The van der Waals surface area contributed by atoms with Gasteiger partial charge in [0.1, 0.15) is 5.69 Å². The Hall–Kier alpha value is -3.48. The summed E-state index contributed by atoms with van der Waals surface area (Å²) in [4.78, 5) is 46.2. The third kappa shape index (κ3) is 4.85. The molecule has 2 aromatic heterocycles. The van der Waals surface area contributed by atoms with E-state index in [9.17, 15) is 32.5 Å². The number of carboxylic acid groups (broad SMARTS) is 1. The van der Waals surface area contributed by atoms with E-state index in [2.05, 4.69) is 20.5 Å². The van der Waals surface area contributed by atoms with E-state index in [0.29, 0.717) is 5.69 Å². The van der Waals surface area contributed by atoms with Crippen molar-refractivity contribution in [2.45, 2.75) is 44.0 Å². The minimum atomic E-state index is -4.91. The lowest BCUT2D eigenvalue weighted by Crippen LogP contribution is -2.64. The van der Waals surface area contributed by atoms with Gasteiger partial charge in [-0.2, -0.15) is 8.42 Å². The lowest BCUT2D eigenvalue weighted by Gasteiger charge is -2.43. The van der Waals surface area contributed by atoms with E-state index in [1.807, 2.05) is 0 Å². The minimum absolute atomic E-state index is 0.0116. The van der Waals surface area contributed by atoms with Crippen LogP contribution in [-0.4, -0.2) is 77.4 Å². The van der Waals surface area contributed by atoms with E-state index in [0.717, 1.165) is 11.3 Å². The molecule has 2 aromatic rings. The van der Waals surface area contributed by atoms with Gasteiger partial charge in [-0.1, -0.05) is 10.4 Å². The number of nitrogen functional groups attached to an aromatic ring is 1. The second-order valence-corrected chi connectivity index (χ2v) is 10.1. The van der Waals surface area contributed by atoms with E-state index in [1.54, 1.807) is 0 Å². The summed E-state index contributed by atoms with van der Waals surface area (Å²) < 4.78 is 34.5. The minimum Gasteiger partial charge on any atom is -0.478 e. The maximum absolute atomic E-state index is 13.1. The third-order valence-corrected chi connectivity index (χ3v) is 7.18. The van der Waals surface area contributed by atoms with Gasteiger partial charge in [0.15, 0.2) is 16.6 Å². The number of thiazole rings is 1. The van der Waals surface area contributed by atoms with Crippen molar-refractivity contribution in [3.63, 3.8) is 0 Å². The number of nitrogens with zero attached hydrogens (tertiary/aromatic N) is 6. The quantitative estimate of drug-likeness (QED) is 0.111. The van der Waals surface area contributed by atoms with Gasteiger partial charge in [0, 0.05) is 37.4 Å². The molecule has 1 amide bonds. The number of β-lactam (4-membered cyclic amide) rings is 1. The highest BCUT2D eigenvalue weighted by Gasteiger charge is 2.56. The van der Waals surface area contributed by atoms with Crippen LogP contribution in [0.3, 0.4) is 0 Å². The molecule has 4 rings (SSSR count). The van der Waals surface area contributed by atoms with Gasteiger partial charge < -0.3 is 21.4 Å². The van der Waals surface area contributed by atoms with Crippen LogP contribution < -0.4 is 11.5 Å². The largest absolute Gasteiger partial charge is 0.478 e. The number of Topliss-reactive ketones (excluding diaryl/α,β-unsaturated/α-hetero) is 1. The summed E-state index contributed by atoms with van der Waals surface area (Å²) in [5.41, 5.74) is 9.63. The maximum Gasteiger partial charge on any atom is 0.362 e. The summed E-state index contributed by atoms with van der Waals surface area (Å²) in [6.45, 7) is -0.132. The van der Waals surface area contributed by atoms with Crippen molar-refractivity contribution in [1.82, 2.24) is 24.3 Å². The number of amides is 1. The van der Waals surface area contributed by atoms with Crippen LogP contribution in [0.5, 0.6) is 0 Å². The Labute approximate surface area is 201 Å². The number of carbonyl (C=O) groups is 3. The average Bonchev–Trinajstić information content (AvgIpc) is 3.23. The van der Waals surface area contributed by atoms with Gasteiger partial charge in [0.05, 0.1) is 24.2 Å². The fraction of sp³-hybridized carbons (Fsp3) is 0.471. The number of carbonyl (C=O) groups excluding carboxylic acids is 2. The highest BCUT2D eigenvalue weighted by atomic mass is 32.2. The topological polar surface area (TPSA) is 246 Å². The van der Waals surface area contributed by atoms with Crippen LogP contribution in [0, 0.1) is 5.92 Å². The first-order chi connectivity index (χ1) is 16.4. The highest BCUT2D eigenvalue weighted by Crippen LogP contribution is 2.40. The summed E-state index contributed by atoms with van der Waals surface area (Å²) in [6, 6.07) is -1.16. The van der Waals surface area contributed by atoms with Crippen molar-refractivity contribution in [1.29, 1.82) is 0 Å².